The lowest BCUT2D eigenvalue weighted by Gasteiger charge is -2.19. The van der Waals surface area contributed by atoms with E-state index in [2.05, 4.69) is 20.9 Å². The summed E-state index contributed by atoms with van der Waals surface area (Å²) in [6.07, 6.45) is 0.409. The monoisotopic (exact) mass is 498 g/mol. The zero-order chi connectivity index (χ0) is 24.3. The lowest BCUT2D eigenvalue weighted by molar-refractivity contribution is -0.137. The second-order valence-electron chi connectivity index (χ2n) is 7.94. The number of nitrogens with zero attached hydrogens (tertiary/aromatic N) is 4. The highest BCUT2D eigenvalue weighted by Gasteiger charge is 2.47. The van der Waals surface area contributed by atoms with Gasteiger partial charge in [-0.1, -0.05) is 72.8 Å². The summed E-state index contributed by atoms with van der Waals surface area (Å²) in [6, 6.07) is 16.5. The van der Waals surface area contributed by atoms with Crippen LogP contribution in [0.15, 0.2) is 59.8 Å². The molecule has 4 amide bonds. The minimum absolute atomic E-state index is 0.0741. The maximum atomic E-state index is 12.6. The Morgan fingerprint density at radius 3 is 2.50 bits per heavy atom. The van der Waals surface area contributed by atoms with Gasteiger partial charge in [0.15, 0.2) is 11.0 Å². The molecule has 1 fully saturated rings. The van der Waals surface area contributed by atoms with Gasteiger partial charge in [-0.2, -0.15) is 5.01 Å². The van der Waals surface area contributed by atoms with Gasteiger partial charge in [0.25, 0.3) is 5.91 Å². The van der Waals surface area contributed by atoms with Crippen molar-refractivity contribution in [3.63, 3.8) is 0 Å². The Hall–Kier alpha value is -3.37. The molecule has 0 bridgehead atoms. The number of thioether (sulfide) groups is 1. The molecular formula is C23H23ClN6O3S. The van der Waals surface area contributed by atoms with Crippen molar-refractivity contribution >= 4 is 41.2 Å². The first-order chi connectivity index (χ1) is 16.3. The number of carbonyl (C=O) groups is 3. The second-order valence-corrected chi connectivity index (χ2v) is 9.29. The van der Waals surface area contributed by atoms with Gasteiger partial charge < -0.3 is 5.32 Å². The molecule has 9 nitrogen and oxygen atoms in total. The first kappa shape index (κ1) is 23.8. The SMILES string of the molecule is CCC1(C)NC(=O)N(NC(=O)CSc2nnc(-c3ccccc3Cl)n2Cc2ccccc2)C1=O. The molecule has 2 aromatic carbocycles. The van der Waals surface area contributed by atoms with E-state index in [0.717, 1.165) is 27.9 Å². The van der Waals surface area contributed by atoms with E-state index in [4.69, 9.17) is 11.6 Å². The summed E-state index contributed by atoms with van der Waals surface area (Å²) in [6.45, 7) is 3.88. The molecule has 0 spiro atoms. The number of urea groups is 1. The van der Waals surface area contributed by atoms with Gasteiger partial charge in [-0.25, -0.2) is 4.79 Å². The number of carbonyl (C=O) groups excluding carboxylic acids is 3. The lowest BCUT2D eigenvalue weighted by atomic mass is 10.00. The average Bonchev–Trinajstić information content (AvgIpc) is 3.32. The minimum atomic E-state index is -1.03. The Morgan fingerprint density at radius 2 is 1.82 bits per heavy atom. The summed E-state index contributed by atoms with van der Waals surface area (Å²) in [5, 5.41) is 13.0. The molecule has 2 heterocycles. The molecule has 1 aliphatic rings. The summed E-state index contributed by atoms with van der Waals surface area (Å²) in [5.41, 5.74) is 3.11. The number of rotatable bonds is 8. The van der Waals surface area contributed by atoms with Crippen LogP contribution in [-0.2, 0) is 16.1 Å². The number of nitrogens with one attached hydrogen (secondary N) is 2. The molecule has 0 saturated carbocycles. The van der Waals surface area contributed by atoms with Crippen molar-refractivity contribution in [3.8, 4) is 11.4 Å². The summed E-state index contributed by atoms with van der Waals surface area (Å²) < 4.78 is 1.89. The van der Waals surface area contributed by atoms with Gasteiger partial charge in [0.1, 0.15) is 5.54 Å². The van der Waals surface area contributed by atoms with Gasteiger partial charge in [-0.3, -0.25) is 19.6 Å². The molecule has 0 aliphatic carbocycles. The van der Waals surface area contributed by atoms with Gasteiger partial charge in [0, 0.05) is 5.56 Å². The topological polar surface area (TPSA) is 109 Å². The minimum Gasteiger partial charge on any atom is -0.322 e. The van der Waals surface area contributed by atoms with Gasteiger partial charge in [0.05, 0.1) is 17.3 Å². The van der Waals surface area contributed by atoms with Crippen molar-refractivity contribution in [1.82, 2.24) is 30.5 Å². The molecule has 176 valence electrons. The molecule has 0 radical (unpaired) electrons. The Bertz CT molecular complexity index is 1230. The van der Waals surface area contributed by atoms with Crippen LogP contribution >= 0.6 is 23.4 Å². The summed E-state index contributed by atoms with van der Waals surface area (Å²) in [7, 11) is 0. The zero-order valence-electron chi connectivity index (χ0n) is 18.6. The summed E-state index contributed by atoms with van der Waals surface area (Å²) >= 11 is 7.55. The van der Waals surface area contributed by atoms with Crippen LogP contribution in [-0.4, -0.2) is 48.9 Å². The van der Waals surface area contributed by atoms with E-state index < -0.39 is 23.4 Å². The number of hydrazine groups is 1. The predicted octanol–water partition coefficient (Wildman–Crippen LogP) is 3.49. The van der Waals surface area contributed by atoms with Gasteiger partial charge in [-0.05, 0) is 31.0 Å². The average molecular weight is 499 g/mol. The van der Waals surface area contributed by atoms with Crippen LogP contribution in [0.3, 0.4) is 0 Å². The van der Waals surface area contributed by atoms with Crippen LogP contribution in [0, 0.1) is 0 Å². The maximum absolute atomic E-state index is 12.6. The normalized spacial score (nSPS) is 17.7. The highest BCUT2D eigenvalue weighted by Crippen LogP contribution is 2.30. The Labute approximate surface area is 205 Å². The molecule has 3 aromatic rings. The fraction of sp³-hybridized carbons (Fsp3) is 0.261. The largest absolute Gasteiger partial charge is 0.344 e. The van der Waals surface area contributed by atoms with Gasteiger partial charge in [-0.15, -0.1) is 10.2 Å². The van der Waals surface area contributed by atoms with E-state index in [0.29, 0.717) is 29.0 Å². The number of benzene rings is 2. The fourth-order valence-corrected chi connectivity index (χ4v) is 4.41. The third kappa shape index (κ3) is 4.78. The number of amides is 4. The highest BCUT2D eigenvalue weighted by molar-refractivity contribution is 7.99. The van der Waals surface area contributed by atoms with Gasteiger partial charge >= 0.3 is 6.03 Å². The van der Waals surface area contributed by atoms with E-state index in [-0.39, 0.29) is 5.75 Å². The Kier molecular flexibility index (Phi) is 6.90. The third-order valence-electron chi connectivity index (χ3n) is 5.55. The van der Waals surface area contributed by atoms with Crippen molar-refractivity contribution in [2.75, 3.05) is 5.75 Å². The van der Waals surface area contributed by atoms with E-state index >= 15 is 0 Å². The van der Waals surface area contributed by atoms with Crippen molar-refractivity contribution in [2.45, 2.75) is 37.5 Å². The number of hydrogen-bond acceptors (Lipinski definition) is 6. The Morgan fingerprint density at radius 1 is 1.12 bits per heavy atom. The predicted molar refractivity (Wildman–Crippen MR) is 129 cm³/mol. The molecule has 1 saturated heterocycles. The van der Waals surface area contributed by atoms with E-state index in [9.17, 15) is 14.4 Å². The second kappa shape index (κ2) is 9.86. The van der Waals surface area contributed by atoms with Crippen molar-refractivity contribution in [2.24, 2.45) is 0 Å². The lowest BCUT2D eigenvalue weighted by Crippen LogP contribution is -2.49. The Balaban J connectivity index is 1.53. The number of imide groups is 1. The van der Waals surface area contributed by atoms with Crippen molar-refractivity contribution < 1.29 is 14.4 Å². The van der Waals surface area contributed by atoms with Crippen LogP contribution in [0.25, 0.3) is 11.4 Å². The quantitative estimate of drug-likeness (QED) is 0.363. The molecule has 11 heteroatoms. The van der Waals surface area contributed by atoms with Crippen LogP contribution in [0.1, 0.15) is 25.8 Å². The molecule has 2 N–H and O–H groups in total. The van der Waals surface area contributed by atoms with E-state index in [1.54, 1.807) is 19.9 Å². The molecule has 1 unspecified atom stereocenters. The maximum Gasteiger partial charge on any atom is 0.344 e. The van der Waals surface area contributed by atoms with Crippen LogP contribution in [0.2, 0.25) is 5.02 Å². The first-order valence-electron chi connectivity index (χ1n) is 10.6. The smallest absolute Gasteiger partial charge is 0.322 e. The fourth-order valence-electron chi connectivity index (χ4n) is 3.46. The molecule has 1 atom stereocenters. The molecule has 1 aromatic heterocycles. The van der Waals surface area contributed by atoms with Crippen molar-refractivity contribution in [3.05, 3.63) is 65.2 Å². The standard InChI is InChI=1S/C23H23ClN6O3S/c1-3-23(2)20(32)30(21(33)25-23)28-18(31)14-34-22-27-26-19(16-11-7-8-12-17(16)24)29(22)13-15-9-5-4-6-10-15/h4-12H,3,13-14H2,1-2H3,(H,25,33)(H,28,31). The van der Waals surface area contributed by atoms with E-state index in [1.807, 2.05) is 53.1 Å². The number of halogens is 1. The molecule has 4 rings (SSSR count). The van der Waals surface area contributed by atoms with E-state index in [1.165, 1.54) is 0 Å². The van der Waals surface area contributed by atoms with Crippen molar-refractivity contribution in [1.29, 1.82) is 0 Å². The molecule has 1 aliphatic heterocycles. The highest BCUT2D eigenvalue weighted by atomic mass is 35.5. The van der Waals surface area contributed by atoms with Gasteiger partial charge in [0.2, 0.25) is 5.91 Å². The first-order valence-corrected chi connectivity index (χ1v) is 12.0. The molecule has 34 heavy (non-hydrogen) atoms. The molecular weight excluding hydrogens is 476 g/mol. The van der Waals surface area contributed by atoms with Crippen LogP contribution in [0.5, 0.6) is 0 Å². The number of aromatic nitrogens is 3. The third-order valence-corrected chi connectivity index (χ3v) is 6.85. The van der Waals surface area contributed by atoms with Crippen LogP contribution < -0.4 is 10.7 Å². The zero-order valence-corrected chi connectivity index (χ0v) is 20.2. The van der Waals surface area contributed by atoms with Crippen LogP contribution in [0.4, 0.5) is 4.79 Å². The summed E-state index contributed by atoms with van der Waals surface area (Å²) in [4.78, 5) is 37.2. The summed E-state index contributed by atoms with van der Waals surface area (Å²) in [5.74, 6) is -0.505. The number of hydrogen-bond donors (Lipinski definition) is 2.